The molecule has 2 heteroatoms. The molecule has 1 fully saturated rings. The third-order valence-electron chi connectivity index (χ3n) is 2.76. The SMILES string of the molecule is CCC1CCC[N-]1.CCCCCCC.[CH2-]C.[Tc]. The second-order valence-corrected chi connectivity index (χ2v) is 4.17. The molecule has 1 unspecified atom stereocenters. The standard InChI is InChI=1S/C7H16.C6H12N.C2H5.Tc/c1-3-5-7-6-4-2;1-2-6-4-3-5-7-6;1-2;/h3-7H2,1-2H3;6H,2-5H2,1H3;1H2,2H3;/q;2*-1;. The van der Waals surface area contributed by atoms with Crippen LogP contribution in [0.3, 0.4) is 0 Å². The van der Waals surface area contributed by atoms with Gasteiger partial charge in [0.25, 0.3) is 0 Å². The van der Waals surface area contributed by atoms with E-state index >= 15 is 0 Å². The first-order chi connectivity index (χ1) is 7.85. The van der Waals surface area contributed by atoms with Crippen molar-refractivity contribution < 1.29 is 20.1 Å². The molecular weight excluding hydrogens is 292 g/mol. The smallest absolute Gasteiger partial charge is 0 e. The average molecular weight is 325 g/mol. The van der Waals surface area contributed by atoms with Gasteiger partial charge >= 0.3 is 0 Å². The van der Waals surface area contributed by atoms with Crippen molar-refractivity contribution in [2.75, 3.05) is 6.54 Å². The minimum Gasteiger partial charge on any atom is -0.660 e. The molecule has 0 saturated carbocycles. The molecule has 1 aliphatic rings. The predicted octanol–water partition coefficient (Wildman–Crippen LogP) is 5.75. The summed E-state index contributed by atoms with van der Waals surface area (Å²) in [6.45, 7) is 12.8. The fraction of sp³-hybridized carbons (Fsp3) is 0.933. The van der Waals surface area contributed by atoms with Crippen LogP contribution in [0.5, 0.6) is 0 Å². The summed E-state index contributed by atoms with van der Waals surface area (Å²) in [6.07, 6.45) is 10.9. The Morgan fingerprint density at radius 3 is 1.76 bits per heavy atom. The van der Waals surface area contributed by atoms with Gasteiger partial charge in [-0.05, 0) is 0 Å². The molecule has 17 heavy (non-hydrogen) atoms. The van der Waals surface area contributed by atoms with E-state index in [1.165, 1.54) is 51.4 Å². The summed E-state index contributed by atoms with van der Waals surface area (Å²) >= 11 is 0. The Morgan fingerprint density at radius 2 is 1.53 bits per heavy atom. The fourth-order valence-electron chi connectivity index (χ4n) is 1.70. The Bertz CT molecular complexity index is 97.1. The molecule has 107 valence electrons. The van der Waals surface area contributed by atoms with Crippen LogP contribution < -0.4 is 0 Å². The van der Waals surface area contributed by atoms with Crippen molar-refractivity contribution in [3.63, 3.8) is 0 Å². The van der Waals surface area contributed by atoms with Gasteiger partial charge in [-0.3, -0.25) is 0 Å². The number of hydrogen-bond donors (Lipinski definition) is 0. The van der Waals surface area contributed by atoms with Crippen LogP contribution in [0.1, 0.15) is 79.1 Å². The summed E-state index contributed by atoms with van der Waals surface area (Å²) in [6, 6.07) is 0.722. The van der Waals surface area contributed by atoms with Gasteiger partial charge in [-0.2, -0.15) is 6.92 Å². The summed E-state index contributed by atoms with van der Waals surface area (Å²) in [5, 5.41) is 4.35. The first kappa shape index (κ1) is 22.8. The van der Waals surface area contributed by atoms with Gasteiger partial charge in [0.2, 0.25) is 0 Å². The van der Waals surface area contributed by atoms with Gasteiger partial charge in [0.1, 0.15) is 0 Å². The van der Waals surface area contributed by atoms with E-state index in [1.807, 2.05) is 0 Å². The molecule has 0 bridgehead atoms. The number of hydrogen-bond acceptors (Lipinski definition) is 0. The Labute approximate surface area is 124 Å². The van der Waals surface area contributed by atoms with Crippen molar-refractivity contribution in [1.29, 1.82) is 0 Å². The molecule has 0 amide bonds. The van der Waals surface area contributed by atoms with Crippen LogP contribution in [-0.2, 0) is 20.1 Å². The maximum absolute atomic E-state index is 4.35. The Balaban J connectivity index is -0.000000191. The van der Waals surface area contributed by atoms with Crippen LogP contribution in [0.2, 0.25) is 0 Å². The zero-order chi connectivity index (χ0) is 12.6. The second-order valence-electron chi connectivity index (χ2n) is 4.17. The summed E-state index contributed by atoms with van der Waals surface area (Å²) in [7, 11) is 0. The third-order valence-corrected chi connectivity index (χ3v) is 2.76. The Morgan fingerprint density at radius 1 is 1.00 bits per heavy atom. The molecule has 0 aromatic carbocycles. The largest absolute Gasteiger partial charge is 0.660 e. The predicted molar refractivity (Wildman–Crippen MR) is 77.0 cm³/mol. The monoisotopic (exact) mass is 324 g/mol. The van der Waals surface area contributed by atoms with Crippen molar-refractivity contribution in [3.05, 3.63) is 12.2 Å². The first-order valence-electron chi connectivity index (χ1n) is 7.22. The summed E-state index contributed by atoms with van der Waals surface area (Å²) in [5.74, 6) is 0. The van der Waals surface area contributed by atoms with E-state index in [9.17, 15) is 0 Å². The maximum Gasteiger partial charge on any atom is 0 e. The summed E-state index contributed by atoms with van der Waals surface area (Å²) < 4.78 is 0. The van der Waals surface area contributed by atoms with E-state index in [0.717, 1.165) is 12.6 Å². The van der Waals surface area contributed by atoms with Gasteiger partial charge in [0.05, 0.1) is 0 Å². The van der Waals surface area contributed by atoms with Crippen molar-refractivity contribution in [1.82, 2.24) is 0 Å². The Kier molecular flexibility index (Phi) is 29.3. The maximum atomic E-state index is 4.35. The quantitative estimate of drug-likeness (QED) is 0.451. The molecule has 0 aromatic heterocycles. The van der Waals surface area contributed by atoms with Crippen LogP contribution in [0.25, 0.3) is 5.32 Å². The third kappa shape index (κ3) is 19.1. The minimum atomic E-state index is 0. The molecule has 1 heterocycles. The van der Waals surface area contributed by atoms with E-state index in [4.69, 9.17) is 0 Å². The van der Waals surface area contributed by atoms with Gasteiger partial charge in [0.15, 0.2) is 0 Å². The van der Waals surface area contributed by atoms with Crippen molar-refractivity contribution in [2.24, 2.45) is 0 Å². The van der Waals surface area contributed by atoms with E-state index in [2.05, 4.69) is 33.0 Å². The normalized spacial score (nSPS) is 17.1. The fourth-order valence-corrected chi connectivity index (χ4v) is 1.70. The molecule has 1 nitrogen and oxygen atoms in total. The van der Waals surface area contributed by atoms with Gasteiger partial charge in [-0.25, -0.2) is 0 Å². The summed E-state index contributed by atoms with van der Waals surface area (Å²) in [4.78, 5) is 0. The van der Waals surface area contributed by atoms with Gasteiger partial charge < -0.3 is 12.2 Å². The van der Waals surface area contributed by atoms with Crippen molar-refractivity contribution >= 4 is 0 Å². The van der Waals surface area contributed by atoms with Crippen molar-refractivity contribution in [2.45, 2.75) is 85.1 Å². The molecule has 0 aliphatic carbocycles. The molecule has 1 radical (unpaired) electrons. The van der Waals surface area contributed by atoms with Gasteiger partial charge in [-0.15, -0.1) is 12.6 Å². The molecule has 1 rings (SSSR count). The van der Waals surface area contributed by atoms with E-state index in [-0.39, 0.29) is 20.1 Å². The zero-order valence-electron chi connectivity index (χ0n) is 12.5. The van der Waals surface area contributed by atoms with E-state index in [0.29, 0.717) is 0 Å². The van der Waals surface area contributed by atoms with Crippen molar-refractivity contribution in [3.8, 4) is 0 Å². The molecular formula is C15H33NTc-2. The number of nitrogens with zero attached hydrogens (tertiary/aromatic N) is 1. The number of unbranched alkanes of at least 4 members (excludes halogenated alkanes) is 4. The molecule has 1 aliphatic heterocycles. The molecule has 0 spiro atoms. The topological polar surface area (TPSA) is 14.1 Å². The van der Waals surface area contributed by atoms with Crippen LogP contribution in [0.15, 0.2) is 0 Å². The van der Waals surface area contributed by atoms with Gasteiger partial charge in [0, 0.05) is 20.1 Å². The van der Waals surface area contributed by atoms with Crippen LogP contribution in [0.4, 0.5) is 0 Å². The van der Waals surface area contributed by atoms with E-state index in [1.54, 1.807) is 6.92 Å². The summed E-state index contributed by atoms with van der Waals surface area (Å²) in [5.41, 5.74) is 0. The van der Waals surface area contributed by atoms with Gasteiger partial charge in [-0.1, -0.05) is 72.1 Å². The van der Waals surface area contributed by atoms with Crippen LogP contribution in [0, 0.1) is 6.92 Å². The molecule has 0 N–H and O–H groups in total. The molecule has 0 aromatic rings. The Hall–Kier alpha value is 0.609. The van der Waals surface area contributed by atoms with Crippen LogP contribution in [-0.4, -0.2) is 12.6 Å². The van der Waals surface area contributed by atoms with Crippen LogP contribution >= 0.6 is 0 Å². The first-order valence-corrected chi connectivity index (χ1v) is 7.22. The minimum absolute atomic E-state index is 0. The molecule has 1 atom stereocenters. The second kappa shape index (κ2) is 21.8. The number of rotatable bonds is 5. The molecule has 1 saturated heterocycles. The van der Waals surface area contributed by atoms with E-state index < -0.39 is 0 Å². The average Bonchev–Trinajstić information content (AvgIpc) is 2.86. The zero-order valence-corrected chi connectivity index (χ0v) is 14.3.